The lowest BCUT2D eigenvalue weighted by Crippen LogP contribution is -2.53. The number of carbonyl (C=O) groups excluding carboxylic acids is 6. The van der Waals surface area contributed by atoms with E-state index in [1.807, 2.05) is 24.1 Å². The zero-order chi connectivity index (χ0) is 47.3. The molecule has 2 saturated carbocycles. The minimum absolute atomic E-state index is 0.0850. The van der Waals surface area contributed by atoms with Crippen molar-refractivity contribution in [2.45, 2.75) is 119 Å². The van der Waals surface area contributed by atoms with Crippen LogP contribution in [0.2, 0.25) is 10.0 Å². The van der Waals surface area contributed by atoms with E-state index in [0.717, 1.165) is 81.4 Å². The van der Waals surface area contributed by atoms with Gasteiger partial charge in [0, 0.05) is 61.7 Å². The number of likely N-dealkylation sites (tertiary alicyclic amines) is 1. The van der Waals surface area contributed by atoms with Crippen molar-refractivity contribution in [3.8, 4) is 0 Å². The first-order valence-corrected chi connectivity index (χ1v) is 23.9. The summed E-state index contributed by atoms with van der Waals surface area (Å²) in [7, 11) is 9.29. The first kappa shape index (κ1) is 48.9. The van der Waals surface area contributed by atoms with Crippen molar-refractivity contribution in [3.63, 3.8) is 0 Å². The van der Waals surface area contributed by atoms with Gasteiger partial charge in [0.1, 0.15) is 19.7 Å². The van der Waals surface area contributed by atoms with Crippen LogP contribution in [-0.2, 0) is 28.8 Å². The highest BCUT2D eigenvalue weighted by molar-refractivity contribution is 6.45. The summed E-state index contributed by atoms with van der Waals surface area (Å²) < 4.78 is 15.3. The SMILES string of the molecule is CN(C=O)c1cc(C2CCN(C(=O)C3CCCCC3)CC2)ccc1N(C)C1CCC(=O)NC1=O.[B]c1ccc(C2C(C(=O)Nc3cccc(Cl)c3)C3(CCCCC3)N[C@H]2C(N)=O)c(F)c1Cl. The lowest BCUT2D eigenvalue weighted by Gasteiger charge is -2.39. The third-order valence-corrected chi connectivity index (χ3v) is 15.1. The minimum Gasteiger partial charge on any atom is -0.368 e. The van der Waals surface area contributed by atoms with Crippen LogP contribution in [0.25, 0.3) is 0 Å². The number of amides is 6. The maximum absolute atomic E-state index is 15.3. The first-order valence-electron chi connectivity index (χ1n) is 23.2. The predicted molar refractivity (Wildman–Crippen MR) is 256 cm³/mol. The maximum atomic E-state index is 15.3. The standard InChI is InChI=1S/C26H36N4O4.C23H23BCl2FN3O2/c1-28(17-31)23-16-20(8-9-21(23)29(2)22-10-11-24(32)27-25(22)33)18-12-14-30(15-13-18)26(34)19-6-4-3-5-7-19;24-15-8-7-14(19(27)18(15)26)16-17(22(32)29-13-6-4-5-12(25)11-13)23(9-2-1-3-10-23)30-20(16)21(28)31/h8-9,16-19,22H,3-7,10-15H2,1-2H3,(H,27,32,33);4-8,11,16-17,20,30H,1-3,9-10H2,(H2,28,31)(H,29,32)/t;16?,17?,20-/m.1/s1. The van der Waals surface area contributed by atoms with Crippen molar-refractivity contribution < 1.29 is 33.2 Å². The average molecular weight is 943 g/mol. The van der Waals surface area contributed by atoms with E-state index in [9.17, 15) is 28.8 Å². The van der Waals surface area contributed by atoms with Crippen LogP contribution in [0.3, 0.4) is 0 Å². The normalized spacial score (nSPS) is 23.3. The Balaban J connectivity index is 0.000000197. The van der Waals surface area contributed by atoms with Crippen molar-refractivity contribution in [2.24, 2.45) is 17.6 Å². The fourth-order valence-corrected chi connectivity index (χ4v) is 11.4. The molecule has 5 aliphatic rings. The number of piperidine rings is 2. The van der Waals surface area contributed by atoms with E-state index in [2.05, 4.69) is 26.9 Å². The lowest BCUT2D eigenvalue weighted by atomic mass is 9.68. The predicted octanol–water partition coefficient (Wildman–Crippen LogP) is 6.23. The minimum atomic E-state index is -0.933. The number of halogens is 3. The Labute approximate surface area is 397 Å². The number of nitrogens with zero attached hydrogens (tertiary/aromatic N) is 3. The molecule has 8 rings (SSSR count). The highest BCUT2D eigenvalue weighted by Gasteiger charge is 2.59. The Morgan fingerprint density at radius 1 is 0.909 bits per heavy atom. The van der Waals surface area contributed by atoms with Crippen LogP contribution in [0.4, 0.5) is 21.5 Å². The molecule has 0 aromatic heterocycles. The molecule has 6 amide bonds. The van der Waals surface area contributed by atoms with Crippen molar-refractivity contribution in [1.29, 1.82) is 0 Å². The Bertz CT molecular complexity index is 2320. The zero-order valence-corrected chi connectivity index (χ0v) is 39.1. The number of nitrogens with two attached hydrogens (primary N) is 1. The Morgan fingerprint density at radius 2 is 1.61 bits per heavy atom. The topological polar surface area (TPSA) is 174 Å². The quantitative estimate of drug-likeness (QED) is 0.105. The molecule has 3 saturated heterocycles. The van der Waals surface area contributed by atoms with Crippen LogP contribution in [0, 0.1) is 17.7 Å². The Morgan fingerprint density at radius 3 is 2.26 bits per heavy atom. The highest BCUT2D eigenvalue weighted by Crippen LogP contribution is 2.50. The number of benzene rings is 3. The molecule has 13 nitrogen and oxygen atoms in total. The molecule has 1 spiro atoms. The summed E-state index contributed by atoms with van der Waals surface area (Å²) in [6.45, 7) is 1.55. The fourth-order valence-electron chi connectivity index (χ4n) is 11.0. The first-order chi connectivity index (χ1) is 31.6. The largest absolute Gasteiger partial charge is 0.368 e. The molecule has 4 atom stereocenters. The van der Waals surface area contributed by atoms with Gasteiger partial charge < -0.3 is 25.8 Å². The van der Waals surface area contributed by atoms with E-state index in [1.165, 1.54) is 36.3 Å². The van der Waals surface area contributed by atoms with E-state index < -0.39 is 41.2 Å². The van der Waals surface area contributed by atoms with E-state index in [1.54, 1.807) is 31.3 Å². The molecule has 17 heteroatoms. The van der Waals surface area contributed by atoms with Crippen LogP contribution >= 0.6 is 23.2 Å². The van der Waals surface area contributed by atoms with Crippen LogP contribution < -0.4 is 36.9 Å². The zero-order valence-electron chi connectivity index (χ0n) is 37.6. The van der Waals surface area contributed by atoms with Gasteiger partial charge in [-0.25, -0.2) is 4.39 Å². The van der Waals surface area contributed by atoms with Crippen molar-refractivity contribution in [3.05, 3.63) is 81.6 Å². The van der Waals surface area contributed by atoms with Crippen molar-refractivity contribution in [1.82, 2.24) is 15.5 Å². The lowest BCUT2D eigenvalue weighted by molar-refractivity contribution is -0.138. The summed E-state index contributed by atoms with van der Waals surface area (Å²) in [5.74, 6) is -3.01. The number of imide groups is 1. The van der Waals surface area contributed by atoms with Crippen LogP contribution in [0.15, 0.2) is 54.6 Å². The summed E-state index contributed by atoms with van der Waals surface area (Å²) in [6, 6.07) is 14.4. The van der Waals surface area contributed by atoms with Gasteiger partial charge in [-0.15, -0.1) is 0 Å². The van der Waals surface area contributed by atoms with Gasteiger partial charge in [-0.3, -0.25) is 39.4 Å². The molecule has 3 aliphatic heterocycles. The summed E-state index contributed by atoms with van der Waals surface area (Å²) in [5.41, 5.74) is 8.46. The average Bonchev–Trinajstić information content (AvgIpc) is 3.64. The molecule has 3 aromatic rings. The number of hydrogen-bond donors (Lipinski definition) is 4. The summed E-state index contributed by atoms with van der Waals surface area (Å²) in [5, 5.41) is 8.90. The highest BCUT2D eigenvalue weighted by atomic mass is 35.5. The molecule has 3 heterocycles. The molecule has 2 aliphatic carbocycles. The number of anilines is 3. The second-order valence-corrected chi connectivity index (χ2v) is 19.4. The molecule has 3 aromatic carbocycles. The third kappa shape index (κ3) is 10.6. The van der Waals surface area contributed by atoms with Gasteiger partial charge in [-0.05, 0) is 92.3 Å². The molecule has 350 valence electrons. The van der Waals surface area contributed by atoms with Gasteiger partial charge in [0.25, 0.3) is 0 Å². The Kier molecular flexibility index (Phi) is 15.8. The number of hydrogen-bond acceptors (Lipinski definition) is 8. The smallest absolute Gasteiger partial charge is 0.249 e. The van der Waals surface area contributed by atoms with Crippen molar-refractivity contribution >= 4 is 89.5 Å². The number of carbonyl (C=O) groups is 6. The van der Waals surface area contributed by atoms with E-state index in [-0.39, 0.29) is 39.7 Å². The van der Waals surface area contributed by atoms with Crippen molar-refractivity contribution in [2.75, 3.05) is 42.3 Å². The van der Waals surface area contributed by atoms with E-state index in [4.69, 9.17) is 36.8 Å². The molecular weight excluding hydrogens is 883 g/mol. The number of rotatable bonds is 10. The van der Waals surface area contributed by atoms with E-state index in [0.29, 0.717) is 48.2 Å². The molecule has 5 N–H and O–H groups in total. The molecule has 66 heavy (non-hydrogen) atoms. The molecular formula is C49H59BCl2FN7O6. The molecule has 0 bridgehead atoms. The molecule has 3 unspecified atom stereocenters. The monoisotopic (exact) mass is 941 g/mol. The summed E-state index contributed by atoms with van der Waals surface area (Å²) >= 11 is 12.2. The number of nitrogens with one attached hydrogen (secondary N) is 3. The van der Waals surface area contributed by atoms with Crippen LogP contribution in [-0.4, -0.2) is 93.5 Å². The van der Waals surface area contributed by atoms with E-state index >= 15 is 4.39 Å². The summed E-state index contributed by atoms with van der Waals surface area (Å²) in [4.78, 5) is 80.1. The van der Waals surface area contributed by atoms with Crippen LogP contribution in [0.1, 0.15) is 113 Å². The molecule has 5 fully saturated rings. The molecule has 2 radical (unpaired) electrons. The number of primary amides is 1. The second-order valence-electron chi connectivity index (χ2n) is 18.6. The Hall–Kier alpha value is -4.99. The van der Waals surface area contributed by atoms with Gasteiger partial charge in [0.2, 0.25) is 35.9 Å². The van der Waals surface area contributed by atoms with Gasteiger partial charge in [0.05, 0.1) is 28.4 Å². The summed E-state index contributed by atoms with van der Waals surface area (Å²) in [6.07, 6.45) is 13.1. The third-order valence-electron chi connectivity index (χ3n) is 14.5. The van der Waals surface area contributed by atoms with Gasteiger partial charge in [-0.1, -0.05) is 91.5 Å². The van der Waals surface area contributed by atoms with Gasteiger partial charge in [0.15, 0.2) is 0 Å². The van der Waals surface area contributed by atoms with Gasteiger partial charge >= 0.3 is 0 Å². The second kappa shape index (κ2) is 21.3. The maximum Gasteiger partial charge on any atom is 0.249 e. The van der Waals surface area contributed by atoms with Crippen LogP contribution in [0.5, 0.6) is 0 Å². The number of likely N-dealkylation sites (N-methyl/N-ethyl adjacent to an activating group) is 1. The van der Waals surface area contributed by atoms with Gasteiger partial charge in [-0.2, -0.15) is 0 Å². The fraction of sp³-hybridized carbons (Fsp3) is 0.510.